The smallest absolute Gasteiger partial charge is 0.219 e. The van der Waals surface area contributed by atoms with Gasteiger partial charge < -0.3 is 16.0 Å². The largest absolute Gasteiger partial charge is 0.398 e. The summed E-state index contributed by atoms with van der Waals surface area (Å²) in [7, 11) is 0. The molecular formula is C11H15N3O. The van der Waals surface area contributed by atoms with E-state index in [9.17, 15) is 4.79 Å². The maximum Gasteiger partial charge on any atom is 0.219 e. The van der Waals surface area contributed by atoms with E-state index in [1.165, 1.54) is 0 Å². The maximum absolute atomic E-state index is 11.3. The molecule has 0 aliphatic carbocycles. The molecule has 4 nitrogen and oxygen atoms in total. The molecule has 1 aromatic carbocycles. The van der Waals surface area contributed by atoms with Crippen molar-refractivity contribution >= 4 is 17.3 Å². The average molecular weight is 205 g/mol. The summed E-state index contributed by atoms with van der Waals surface area (Å²) in [6.45, 7) is 3.69. The molecule has 15 heavy (non-hydrogen) atoms. The quantitative estimate of drug-likeness (QED) is 0.622. The SMILES string of the molecule is CC(=O)N1CCNc2cccc(N)c2C1. The van der Waals surface area contributed by atoms with Crippen molar-refractivity contribution in [3.8, 4) is 0 Å². The lowest BCUT2D eigenvalue weighted by Crippen LogP contribution is -2.30. The normalized spacial score (nSPS) is 15.1. The molecule has 0 bridgehead atoms. The zero-order valence-electron chi connectivity index (χ0n) is 8.79. The van der Waals surface area contributed by atoms with Crippen LogP contribution in [0.3, 0.4) is 0 Å². The van der Waals surface area contributed by atoms with Crippen LogP contribution in [0.15, 0.2) is 18.2 Å². The number of nitrogens with zero attached hydrogens (tertiary/aromatic N) is 1. The number of carbonyl (C=O) groups excluding carboxylic acids is 1. The summed E-state index contributed by atoms with van der Waals surface area (Å²) in [5.74, 6) is 0.0907. The number of nitrogens with one attached hydrogen (secondary N) is 1. The Hall–Kier alpha value is -1.71. The van der Waals surface area contributed by atoms with Gasteiger partial charge in [0.2, 0.25) is 5.91 Å². The lowest BCUT2D eigenvalue weighted by molar-refractivity contribution is -0.129. The second-order valence-electron chi connectivity index (χ2n) is 3.74. The molecule has 0 aromatic heterocycles. The number of fused-ring (bicyclic) bond motifs is 1. The minimum Gasteiger partial charge on any atom is -0.398 e. The molecule has 0 fully saturated rings. The van der Waals surface area contributed by atoms with Crippen molar-refractivity contribution in [2.45, 2.75) is 13.5 Å². The molecule has 4 heteroatoms. The molecule has 2 rings (SSSR count). The van der Waals surface area contributed by atoms with Gasteiger partial charge in [0.1, 0.15) is 0 Å². The summed E-state index contributed by atoms with van der Waals surface area (Å²) in [4.78, 5) is 13.1. The summed E-state index contributed by atoms with van der Waals surface area (Å²) in [5.41, 5.74) is 8.70. The highest BCUT2D eigenvalue weighted by Crippen LogP contribution is 2.25. The Bertz CT molecular complexity index is 389. The third kappa shape index (κ3) is 1.88. The Morgan fingerprint density at radius 3 is 3.07 bits per heavy atom. The zero-order valence-corrected chi connectivity index (χ0v) is 8.79. The number of nitrogen functional groups attached to an aromatic ring is 1. The number of hydrogen-bond acceptors (Lipinski definition) is 3. The lowest BCUT2D eigenvalue weighted by atomic mass is 10.1. The van der Waals surface area contributed by atoms with Crippen molar-refractivity contribution in [3.05, 3.63) is 23.8 Å². The topological polar surface area (TPSA) is 58.4 Å². The van der Waals surface area contributed by atoms with Crippen LogP contribution in [-0.4, -0.2) is 23.9 Å². The standard InChI is InChI=1S/C11H15N3O/c1-8(15)14-6-5-13-11-4-2-3-10(12)9(11)7-14/h2-4,13H,5-7,12H2,1H3. The van der Waals surface area contributed by atoms with Crippen molar-refractivity contribution < 1.29 is 4.79 Å². The first kappa shape index (κ1) is 9.83. The molecular weight excluding hydrogens is 190 g/mol. The van der Waals surface area contributed by atoms with Gasteiger partial charge in [0.15, 0.2) is 0 Å². The first-order valence-corrected chi connectivity index (χ1v) is 5.05. The summed E-state index contributed by atoms with van der Waals surface area (Å²) in [6.07, 6.45) is 0. The van der Waals surface area contributed by atoms with E-state index in [1.54, 1.807) is 11.8 Å². The molecule has 1 aromatic rings. The highest BCUT2D eigenvalue weighted by Gasteiger charge is 2.17. The van der Waals surface area contributed by atoms with Crippen LogP contribution in [0.4, 0.5) is 11.4 Å². The van der Waals surface area contributed by atoms with Crippen LogP contribution in [0.1, 0.15) is 12.5 Å². The van der Waals surface area contributed by atoms with Crippen molar-refractivity contribution in [3.63, 3.8) is 0 Å². The number of benzene rings is 1. The van der Waals surface area contributed by atoms with Crippen molar-refractivity contribution in [2.24, 2.45) is 0 Å². The Labute approximate surface area is 89.1 Å². The van der Waals surface area contributed by atoms with Crippen LogP contribution in [0, 0.1) is 0 Å². The Morgan fingerprint density at radius 2 is 2.33 bits per heavy atom. The van der Waals surface area contributed by atoms with E-state index in [0.717, 1.165) is 30.0 Å². The average Bonchev–Trinajstić information content (AvgIpc) is 2.40. The fraction of sp³-hybridized carbons (Fsp3) is 0.364. The van der Waals surface area contributed by atoms with Gasteiger partial charge in [0.05, 0.1) is 0 Å². The second-order valence-corrected chi connectivity index (χ2v) is 3.74. The van der Waals surface area contributed by atoms with Crippen LogP contribution in [0.25, 0.3) is 0 Å². The maximum atomic E-state index is 11.3. The minimum atomic E-state index is 0.0907. The van der Waals surface area contributed by atoms with E-state index in [0.29, 0.717) is 6.54 Å². The van der Waals surface area contributed by atoms with E-state index in [1.807, 2.05) is 18.2 Å². The molecule has 1 aliphatic rings. The van der Waals surface area contributed by atoms with Gasteiger partial charge in [-0.2, -0.15) is 0 Å². The minimum absolute atomic E-state index is 0.0907. The number of anilines is 2. The van der Waals surface area contributed by atoms with Gasteiger partial charge >= 0.3 is 0 Å². The summed E-state index contributed by atoms with van der Waals surface area (Å²) < 4.78 is 0. The van der Waals surface area contributed by atoms with Crippen LogP contribution < -0.4 is 11.1 Å². The summed E-state index contributed by atoms with van der Waals surface area (Å²) in [5, 5.41) is 3.28. The number of nitrogens with two attached hydrogens (primary N) is 1. The molecule has 0 saturated heterocycles. The predicted molar refractivity (Wildman–Crippen MR) is 60.4 cm³/mol. The van der Waals surface area contributed by atoms with E-state index >= 15 is 0 Å². The fourth-order valence-electron chi connectivity index (χ4n) is 1.81. The van der Waals surface area contributed by atoms with E-state index in [2.05, 4.69) is 5.32 Å². The predicted octanol–water partition coefficient (Wildman–Crippen LogP) is 1.04. The first-order valence-electron chi connectivity index (χ1n) is 5.05. The fourth-order valence-corrected chi connectivity index (χ4v) is 1.81. The Balaban J connectivity index is 2.35. The molecule has 1 amide bonds. The molecule has 1 heterocycles. The van der Waals surface area contributed by atoms with Crippen LogP contribution in [-0.2, 0) is 11.3 Å². The van der Waals surface area contributed by atoms with Crippen molar-refractivity contribution in [2.75, 3.05) is 24.1 Å². The van der Waals surface area contributed by atoms with Gasteiger partial charge in [-0.15, -0.1) is 0 Å². The number of amides is 1. The van der Waals surface area contributed by atoms with Gasteiger partial charge in [0.25, 0.3) is 0 Å². The monoisotopic (exact) mass is 205 g/mol. The molecule has 0 unspecified atom stereocenters. The van der Waals surface area contributed by atoms with Gasteiger partial charge in [-0.05, 0) is 12.1 Å². The van der Waals surface area contributed by atoms with Crippen LogP contribution in [0.2, 0.25) is 0 Å². The third-order valence-corrected chi connectivity index (χ3v) is 2.70. The van der Waals surface area contributed by atoms with Gasteiger partial charge in [-0.1, -0.05) is 6.07 Å². The second kappa shape index (κ2) is 3.81. The van der Waals surface area contributed by atoms with Crippen molar-refractivity contribution in [1.29, 1.82) is 0 Å². The Morgan fingerprint density at radius 1 is 1.53 bits per heavy atom. The third-order valence-electron chi connectivity index (χ3n) is 2.70. The zero-order chi connectivity index (χ0) is 10.8. The number of hydrogen-bond donors (Lipinski definition) is 2. The molecule has 1 aliphatic heterocycles. The van der Waals surface area contributed by atoms with E-state index in [4.69, 9.17) is 5.73 Å². The first-order chi connectivity index (χ1) is 7.18. The van der Waals surface area contributed by atoms with Gasteiger partial charge in [-0.3, -0.25) is 4.79 Å². The molecule has 0 spiro atoms. The summed E-state index contributed by atoms with van der Waals surface area (Å²) >= 11 is 0. The number of rotatable bonds is 0. The van der Waals surface area contributed by atoms with Gasteiger partial charge in [0, 0.05) is 43.5 Å². The van der Waals surface area contributed by atoms with E-state index in [-0.39, 0.29) is 5.91 Å². The van der Waals surface area contributed by atoms with Crippen molar-refractivity contribution in [1.82, 2.24) is 4.90 Å². The summed E-state index contributed by atoms with van der Waals surface area (Å²) in [6, 6.07) is 5.78. The van der Waals surface area contributed by atoms with E-state index < -0.39 is 0 Å². The van der Waals surface area contributed by atoms with Crippen LogP contribution in [0.5, 0.6) is 0 Å². The molecule has 80 valence electrons. The number of carbonyl (C=O) groups is 1. The lowest BCUT2D eigenvalue weighted by Gasteiger charge is -2.18. The molecule has 0 saturated carbocycles. The highest BCUT2D eigenvalue weighted by molar-refractivity contribution is 5.75. The molecule has 3 N–H and O–H groups in total. The molecule has 0 radical (unpaired) electrons. The molecule has 0 atom stereocenters. The van der Waals surface area contributed by atoms with Crippen LogP contribution >= 0.6 is 0 Å². The Kier molecular flexibility index (Phi) is 2.49. The van der Waals surface area contributed by atoms with Gasteiger partial charge in [-0.25, -0.2) is 0 Å². The highest BCUT2D eigenvalue weighted by atomic mass is 16.2.